The minimum absolute atomic E-state index is 0.258. The molecule has 0 aliphatic heterocycles. The highest BCUT2D eigenvalue weighted by atomic mass is 16.1. The zero-order chi connectivity index (χ0) is 16.6. The smallest absolute Gasteiger partial charge is 0.137 e. The molecule has 0 saturated heterocycles. The number of ketones is 1. The quantitative estimate of drug-likeness (QED) is 0.694. The number of hydrogen-bond acceptors (Lipinski definition) is 3. The molecule has 3 aromatic rings. The Morgan fingerprint density at radius 2 is 1.67 bits per heavy atom. The zero-order valence-corrected chi connectivity index (χ0v) is 13.5. The standard InChI is InChI=1S/C21H20N2O/c24-20(13-12-17-7-2-1-3-8-17)16-18-9-6-10-19(15-18)23-21-11-4-5-14-22-21/h1-11,14-15H,12-13,16H2,(H,22,23). The summed E-state index contributed by atoms with van der Waals surface area (Å²) in [6.45, 7) is 0. The first-order valence-corrected chi connectivity index (χ1v) is 8.12. The number of carbonyl (C=O) groups excluding carboxylic acids is 1. The van der Waals surface area contributed by atoms with Gasteiger partial charge in [-0.1, -0.05) is 48.5 Å². The maximum atomic E-state index is 12.2. The summed E-state index contributed by atoms with van der Waals surface area (Å²) in [7, 11) is 0. The van der Waals surface area contributed by atoms with Crippen molar-refractivity contribution in [2.45, 2.75) is 19.3 Å². The number of Topliss-reactive ketones (excluding diaryl/α,β-unsaturated/α-hetero) is 1. The van der Waals surface area contributed by atoms with E-state index < -0.39 is 0 Å². The SMILES string of the molecule is O=C(CCc1ccccc1)Cc1cccc(Nc2ccccn2)c1. The number of pyridine rings is 1. The molecule has 1 heterocycles. The maximum Gasteiger partial charge on any atom is 0.137 e. The highest BCUT2D eigenvalue weighted by Crippen LogP contribution is 2.16. The molecule has 0 aliphatic rings. The number of aryl methyl sites for hydroxylation is 1. The van der Waals surface area contributed by atoms with Crippen LogP contribution in [0.1, 0.15) is 17.5 Å². The number of nitrogens with zero attached hydrogens (tertiary/aromatic N) is 1. The Morgan fingerprint density at radius 1 is 0.875 bits per heavy atom. The molecule has 0 fully saturated rings. The van der Waals surface area contributed by atoms with Gasteiger partial charge in [-0.25, -0.2) is 4.98 Å². The van der Waals surface area contributed by atoms with Crippen molar-refractivity contribution in [3.05, 3.63) is 90.1 Å². The minimum Gasteiger partial charge on any atom is -0.340 e. The Kier molecular flexibility index (Phi) is 5.36. The second-order valence-corrected chi connectivity index (χ2v) is 5.74. The van der Waals surface area contributed by atoms with Crippen LogP contribution >= 0.6 is 0 Å². The minimum atomic E-state index is 0.258. The van der Waals surface area contributed by atoms with Crippen molar-refractivity contribution >= 4 is 17.3 Å². The third-order valence-corrected chi connectivity index (χ3v) is 3.80. The van der Waals surface area contributed by atoms with E-state index in [1.807, 2.05) is 60.7 Å². The fraction of sp³-hybridized carbons (Fsp3) is 0.143. The molecular formula is C21H20N2O. The Balaban J connectivity index is 1.57. The maximum absolute atomic E-state index is 12.2. The van der Waals surface area contributed by atoms with Crippen LogP contribution in [0, 0.1) is 0 Å². The monoisotopic (exact) mass is 316 g/mol. The molecule has 1 N–H and O–H groups in total. The first-order chi connectivity index (χ1) is 11.8. The van der Waals surface area contributed by atoms with Crippen molar-refractivity contribution in [2.75, 3.05) is 5.32 Å². The number of hydrogen-bond donors (Lipinski definition) is 1. The van der Waals surface area contributed by atoms with Gasteiger partial charge in [0.15, 0.2) is 0 Å². The van der Waals surface area contributed by atoms with Crippen molar-refractivity contribution in [3.63, 3.8) is 0 Å². The van der Waals surface area contributed by atoms with Gasteiger partial charge in [-0.15, -0.1) is 0 Å². The molecular weight excluding hydrogens is 296 g/mol. The predicted octanol–water partition coefficient (Wildman–Crippen LogP) is 4.57. The van der Waals surface area contributed by atoms with Crippen molar-refractivity contribution in [1.82, 2.24) is 4.98 Å². The summed E-state index contributed by atoms with van der Waals surface area (Å²) < 4.78 is 0. The molecule has 3 nitrogen and oxygen atoms in total. The molecule has 0 unspecified atom stereocenters. The summed E-state index contributed by atoms with van der Waals surface area (Å²) in [4.78, 5) is 16.5. The third-order valence-electron chi connectivity index (χ3n) is 3.80. The largest absolute Gasteiger partial charge is 0.340 e. The molecule has 0 amide bonds. The van der Waals surface area contributed by atoms with Gasteiger partial charge < -0.3 is 5.32 Å². The molecule has 0 saturated carbocycles. The molecule has 2 aromatic carbocycles. The van der Waals surface area contributed by atoms with E-state index in [0.717, 1.165) is 23.5 Å². The molecule has 1 aromatic heterocycles. The van der Waals surface area contributed by atoms with Crippen LogP contribution in [-0.2, 0) is 17.6 Å². The number of anilines is 2. The van der Waals surface area contributed by atoms with E-state index in [0.29, 0.717) is 12.8 Å². The zero-order valence-electron chi connectivity index (χ0n) is 13.5. The Morgan fingerprint density at radius 3 is 2.46 bits per heavy atom. The summed E-state index contributed by atoms with van der Waals surface area (Å²) >= 11 is 0. The Hall–Kier alpha value is -2.94. The second-order valence-electron chi connectivity index (χ2n) is 5.74. The number of benzene rings is 2. The number of nitrogens with one attached hydrogen (secondary N) is 1. The number of aromatic nitrogens is 1. The second kappa shape index (κ2) is 8.06. The molecule has 0 aliphatic carbocycles. The molecule has 0 radical (unpaired) electrons. The molecule has 3 heteroatoms. The Labute approximate surface area is 142 Å². The molecule has 0 bridgehead atoms. The lowest BCUT2D eigenvalue weighted by Gasteiger charge is -2.07. The van der Waals surface area contributed by atoms with E-state index in [4.69, 9.17) is 0 Å². The first-order valence-electron chi connectivity index (χ1n) is 8.12. The van der Waals surface area contributed by atoms with Crippen LogP contribution in [0.5, 0.6) is 0 Å². The predicted molar refractivity (Wildman–Crippen MR) is 97.4 cm³/mol. The van der Waals surface area contributed by atoms with Gasteiger partial charge in [0.1, 0.15) is 11.6 Å². The number of carbonyl (C=O) groups is 1. The molecule has 24 heavy (non-hydrogen) atoms. The molecule has 0 atom stereocenters. The fourth-order valence-electron chi connectivity index (χ4n) is 2.59. The van der Waals surface area contributed by atoms with Gasteiger partial charge in [0, 0.05) is 24.7 Å². The van der Waals surface area contributed by atoms with Crippen molar-refractivity contribution in [3.8, 4) is 0 Å². The number of rotatable bonds is 7. The van der Waals surface area contributed by atoms with E-state index in [1.54, 1.807) is 6.20 Å². The summed E-state index contributed by atoms with van der Waals surface area (Å²) in [5.74, 6) is 1.05. The summed E-state index contributed by atoms with van der Waals surface area (Å²) in [6, 6.07) is 23.8. The highest BCUT2D eigenvalue weighted by molar-refractivity contribution is 5.81. The van der Waals surface area contributed by atoms with E-state index in [9.17, 15) is 4.79 Å². The average Bonchev–Trinajstić information content (AvgIpc) is 2.62. The lowest BCUT2D eigenvalue weighted by atomic mass is 10.0. The van der Waals surface area contributed by atoms with E-state index in [-0.39, 0.29) is 5.78 Å². The van der Waals surface area contributed by atoms with Crippen molar-refractivity contribution in [1.29, 1.82) is 0 Å². The van der Waals surface area contributed by atoms with Gasteiger partial charge in [0.05, 0.1) is 0 Å². The van der Waals surface area contributed by atoms with E-state index >= 15 is 0 Å². The summed E-state index contributed by atoms with van der Waals surface area (Å²) in [5.41, 5.74) is 3.17. The van der Waals surface area contributed by atoms with Crippen LogP contribution < -0.4 is 5.32 Å². The average molecular weight is 316 g/mol. The fourth-order valence-corrected chi connectivity index (χ4v) is 2.59. The van der Waals surface area contributed by atoms with Gasteiger partial charge in [-0.3, -0.25) is 4.79 Å². The normalized spacial score (nSPS) is 10.3. The van der Waals surface area contributed by atoms with Gasteiger partial charge in [-0.2, -0.15) is 0 Å². The van der Waals surface area contributed by atoms with Gasteiger partial charge >= 0.3 is 0 Å². The van der Waals surface area contributed by atoms with Crippen molar-refractivity contribution < 1.29 is 4.79 Å². The van der Waals surface area contributed by atoms with Crippen LogP contribution in [-0.4, -0.2) is 10.8 Å². The molecule has 3 rings (SSSR count). The van der Waals surface area contributed by atoms with E-state index in [1.165, 1.54) is 5.56 Å². The van der Waals surface area contributed by atoms with Gasteiger partial charge in [0.25, 0.3) is 0 Å². The summed E-state index contributed by atoms with van der Waals surface area (Å²) in [5, 5.41) is 3.25. The van der Waals surface area contributed by atoms with E-state index in [2.05, 4.69) is 22.4 Å². The van der Waals surface area contributed by atoms with Crippen LogP contribution in [0.2, 0.25) is 0 Å². The highest BCUT2D eigenvalue weighted by Gasteiger charge is 2.05. The molecule has 120 valence electrons. The molecule has 0 spiro atoms. The Bertz CT molecular complexity index is 785. The topological polar surface area (TPSA) is 42.0 Å². The lowest BCUT2D eigenvalue weighted by molar-refractivity contribution is -0.118. The summed E-state index contributed by atoms with van der Waals surface area (Å²) in [6.07, 6.45) is 3.58. The van der Waals surface area contributed by atoms with Crippen LogP contribution in [0.25, 0.3) is 0 Å². The van der Waals surface area contributed by atoms with Gasteiger partial charge in [0.2, 0.25) is 0 Å². The first kappa shape index (κ1) is 15.9. The van der Waals surface area contributed by atoms with Crippen molar-refractivity contribution in [2.24, 2.45) is 0 Å². The van der Waals surface area contributed by atoms with Crippen LogP contribution in [0.3, 0.4) is 0 Å². The third kappa shape index (κ3) is 4.78. The lowest BCUT2D eigenvalue weighted by Crippen LogP contribution is -2.04. The van der Waals surface area contributed by atoms with Crippen LogP contribution in [0.15, 0.2) is 79.0 Å². The van der Waals surface area contributed by atoms with Gasteiger partial charge in [-0.05, 0) is 41.8 Å². The van der Waals surface area contributed by atoms with Crippen LogP contribution in [0.4, 0.5) is 11.5 Å².